The van der Waals surface area contributed by atoms with Gasteiger partial charge in [-0.3, -0.25) is 0 Å². The fraction of sp³-hybridized carbons (Fsp3) is 0.286. The Morgan fingerprint density at radius 3 is 2.76 bits per heavy atom. The Kier molecular flexibility index (Phi) is 4.99. The molecule has 1 aromatic heterocycles. The average Bonchev–Trinajstić information content (AvgIpc) is 2.90. The van der Waals surface area contributed by atoms with Crippen LogP contribution in [0.3, 0.4) is 0 Å². The average molecular weight is 308 g/mol. The standard InChI is InChI=1S/C14H16N2O4S/c1-3-19-9-5-6-11(20-4-2)10(7-9)16-13-12(14(17)18)15-8-21-13/h5-8,16H,3-4H2,1-2H3,(H,17,18). The number of anilines is 2. The van der Waals surface area contributed by atoms with Crippen molar-refractivity contribution in [1.29, 1.82) is 0 Å². The van der Waals surface area contributed by atoms with Gasteiger partial charge in [0, 0.05) is 6.07 Å². The van der Waals surface area contributed by atoms with E-state index in [2.05, 4.69) is 10.3 Å². The minimum absolute atomic E-state index is 0.00994. The highest BCUT2D eigenvalue weighted by atomic mass is 32.1. The topological polar surface area (TPSA) is 80.7 Å². The summed E-state index contributed by atoms with van der Waals surface area (Å²) < 4.78 is 11.0. The van der Waals surface area contributed by atoms with Crippen LogP contribution in [0.4, 0.5) is 10.7 Å². The van der Waals surface area contributed by atoms with Gasteiger partial charge in [0.1, 0.15) is 16.5 Å². The van der Waals surface area contributed by atoms with Crippen molar-refractivity contribution in [3.8, 4) is 11.5 Å². The number of benzene rings is 1. The normalized spacial score (nSPS) is 10.2. The zero-order valence-electron chi connectivity index (χ0n) is 11.8. The van der Waals surface area contributed by atoms with Gasteiger partial charge in [-0.1, -0.05) is 0 Å². The molecular weight excluding hydrogens is 292 g/mol. The molecule has 0 saturated carbocycles. The minimum atomic E-state index is -1.07. The molecule has 7 heteroatoms. The molecular formula is C14H16N2O4S. The van der Waals surface area contributed by atoms with Crippen molar-refractivity contribution >= 4 is 28.0 Å². The molecule has 1 aromatic carbocycles. The second-order valence-corrected chi connectivity index (χ2v) is 4.84. The summed E-state index contributed by atoms with van der Waals surface area (Å²) >= 11 is 1.22. The van der Waals surface area contributed by atoms with Crippen molar-refractivity contribution in [3.05, 3.63) is 29.4 Å². The Labute approximate surface area is 126 Å². The number of thiazole rings is 1. The van der Waals surface area contributed by atoms with Crippen molar-refractivity contribution in [3.63, 3.8) is 0 Å². The molecule has 112 valence electrons. The highest BCUT2D eigenvalue weighted by molar-refractivity contribution is 7.14. The molecule has 0 fully saturated rings. The molecule has 2 aromatic rings. The third-order valence-electron chi connectivity index (χ3n) is 2.58. The number of hydrogen-bond acceptors (Lipinski definition) is 6. The summed E-state index contributed by atoms with van der Waals surface area (Å²) in [4.78, 5) is 14.9. The van der Waals surface area contributed by atoms with Crippen molar-refractivity contribution < 1.29 is 19.4 Å². The fourth-order valence-corrected chi connectivity index (χ4v) is 2.44. The van der Waals surface area contributed by atoms with Gasteiger partial charge in [-0.25, -0.2) is 9.78 Å². The second-order valence-electron chi connectivity index (χ2n) is 3.98. The summed E-state index contributed by atoms with van der Waals surface area (Å²) in [7, 11) is 0. The predicted molar refractivity (Wildman–Crippen MR) is 81.1 cm³/mol. The predicted octanol–water partition coefficient (Wildman–Crippen LogP) is 3.38. The Hall–Kier alpha value is -2.28. The molecule has 0 unspecified atom stereocenters. The zero-order valence-corrected chi connectivity index (χ0v) is 12.6. The Bertz CT molecular complexity index is 627. The summed E-state index contributed by atoms with van der Waals surface area (Å²) in [6, 6.07) is 5.38. The number of aromatic carboxylic acids is 1. The van der Waals surface area contributed by atoms with E-state index in [0.29, 0.717) is 35.4 Å². The number of aromatic nitrogens is 1. The van der Waals surface area contributed by atoms with Crippen LogP contribution in [0.1, 0.15) is 24.3 Å². The fourth-order valence-electron chi connectivity index (χ4n) is 1.75. The highest BCUT2D eigenvalue weighted by Gasteiger charge is 2.15. The molecule has 0 amide bonds. The lowest BCUT2D eigenvalue weighted by Gasteiger charge is -2.13. The number of rotatable bonds is 7. The lowest BCUT2D eigenvalue weighted by atomic mass is 10.2. The molecule has 2 rings (SSSR count). The molecule has 0 spiro atoms. The number of hydrogen-bond donors (Lipinski definition) is 2. The number of carboxylic acid groups (broad SMARTS) is 1. The third kappa shape index (κ3) is 3.63. The van der Waals surface area contributed by atoms with Gasteiger partial charge >= 0.3 is 5.97 Å². The molecule has 0 aliphatic carbocycles. The number of ether oxygens (including phenoxy) is 2. The van der Waals surface area contributed by atoms with Crippen LogP contribution >= 0.6 is 11.3 Å². The number of nitrogens with one attached hydrogen (secondary N) is 1. The first kappa shape index (κ1) is 15.1. The van der Waals surface area contributed by atoms with Gasteiger partial charge in [-0.15, -0.1) is 11.3 Å². The summed E-state index contributed by atoms with van der Waals surface area (Å²) in [6.45, 7) is 4.84. The van der Waals surface area contributed by atoms with Crippen LogP contribution in [0.5, 0.6) is 11.5 Å². The van der Waals surface area contributed by atoms with Crippen LogP contribution in [-0.2, 0) is 0 Å². The smallest absolute Gasteiger partial charge is 0.357 e. The quantitative estimate of drug-likeness (QED) is 0.816. The van der Waals surface area contributed by atoms with Crippen molar-refractivity contribution in [2.45, 2.75) is 13.8 Å². The van der Waals surface area contributed by atoms with Crippen LogP contribution in [0, 0.1) is 0 Å². The summed E-state index contributed by atoms with van der Waals surface area (Å²) in [5.41, 5.74) is 2.12. The molecule has 0 saturated heterocycles. The lowest BCUT2D eigenvalue weighted by Crippen LogP contribution is -2.03. The van der Waals surface area contributed by atoms with Gasteiger partial charge in [-0.05, 0) is 26.0 Å². The van der Waals surface area contributed by atoms with E-state index < -0.39 is 5.97 Å². The number of nitrogens with zero attached hydrogens (tertiary/aromatic N) is 1. The van der Waals surface area contributed by atoms with E-state index in [-0.39, 0.29) is 5.69 Å². The van der Waals surface area contributed by atoms with E-state index in [4.69, 9.17) is 14.6 Å². The molecule has 0 aliphatic rings. The van der Waals surface area contributed by atoms with Gasteiger partial charge in [0.05, 0.1) is 24.4 Å². The van der Waals surface area contributed by atoms with E-state index in [0.717, 1.165) is 0 Å². The first-order valence-electron chi connectivity index (χ1n) is 6.49. The molecule has 0 atom stereocenters. The van der Waals surface area contributed by atoms with Crippen molar-refractivity contribution in [2.75, 3.05) is 18.5 Å². The highest BCUT2D eigenvalue weighted by Crippen LogP contribution is 2.34. The van der Waals surface area contributed by atoms with Crippen LogP contribution < -0.4 is 14.8 Å². The molecule has 21 heavy (non-hydrogen) atoms. The Balaban J connectivity index is 2.33. The summed E-state index contributed by atoms with van der Waals surface area (Å²) in [5.74, 6) is 0.244. The molecule has 0 radical (unpaired) electrons. The maximum absolute atomic E-state index is 11.1. The van der Waals surface area contributed by atoms with Crippen LogP contribution in [0.25, 0.3) is 0 Å². The zero-order chi connectivity index (χ0) is 15.2. The van der Waals surface area contributed by atoms with Gasteiger partial charge in [-0.2, -0.15) is 0 Å². The van der Waals surface area contributed by atoms with E-state index in [1.165, 1.54) is 16.8 Å². The Morgan fingerprint density at radius 1 is 1.33 bits per heavy atom. The van der Waals surface area contributed by atoms with Crippen LogP contribution in [0.2, 0.25) is 0 Å². The van der Waals surface area contributed by atoms with Crippen molar-refractivity contribution in [1.82, 2.24) is 4.98 Å². The third-order valence-corrected chi connectivity index (χ3v) is 3.32. The van der Waals surface area contributed by atoms with Gasteiger partial charge < -0.3 is 19.9 Å². The van der Waals surface area contributed by atoms with E-state index in [9.17, 15) is 4.79 Å². The van der Waals surface area contributed by atoms with Crippen LogP contribution in [-0.4, -0.2) is 29.3 Å². The van der Waals surface area contributed by atoms with Gasteiger partial charge in [0.2, 0.25) is 0 Å². The first-order chi connectivity index (χ1) is 10.2. The number of carboxylic acids is 1. The summed E-state index contributed by atoms with van der Waals surface area (Å²) in [6.07, 6.45) is 0. The maximum atomic E-state index is 11.1. The van der Waals surface area contributed by atoms with Crippen molar-refractivity contribution in [2.24, 2.45) is 0 Å². The van der Waals surface area contributed by atoms with E-state index >= 15 is 0 Å². The first-order valence-corrected chi connectivity index (χ1v) is 7.37. The maximum Gasteiger partial charge on any atom is 0.357 e. The van der Waals surface area contributed by atoms with E-state index in [1.807, 2.05) is 19.9 Å². The van der Waals surface area contributed by atoms with Gasteiger partial charge in [0.25, 0.3) is 0 Å². The minimum Gasteiger partial charge on any atom is -0.494 e. The Morgan fingerprint density at radius 2 is 2.10 bits per heavy atom. The molecule has 6 nitrogen and oxygen atoms in total. The SMILES string of the molecule is CCOc1ccc(OCC)c(Nc2scnc2C(=O)O)c1. The largest absolute Gasteiger partial charge is 0.494 e. The monoisotopic (exact) mass is 308 g/mol. The molecule has 1 heterocycles. The van der Waals surface area contributed by atoms with Gasteiger partial charge in [0.15, 0.2) is 5.69 Å². The second kappa shape index (κ2) is 6.94. The molecule has 0 bridgehead atoms. The molecule has 2 N–H and O–H groups in total. The van der Waals surface area contributed by atoms with Crippen LogP contribution in [0.15, 0.2) is 23.7 Å². The molecule has 0 aliphatic heterocycles. The lowest BCUT2D eigenvalue weighted by molar-refractivity contribution is 0.0692. The number of carbonyl (C=O) groups is 1. The van der Waals surface area contributed by atoms with E-state index in [1.54, 1.807) is 12.1 Å². The summed E-state index contributed by atoms with van der Waals surface area (Å²) in [5, 5.41) is 12.6.